The van der Waals surface area contributed by atoms with E-state index in [4.69, 9.17) is 4.74 Å². The van der Waals surface area contributed by atoms with Gasteiger partial charge in [0.15, 0.2) is 5.82 Å². The van der Waals surface area contributed by atoms with Crippen molar-refractivity contribution in [3.63, 3.8) is 0 Å². The lowest BCUT2D eigenvalue weighted by molar-refractivity contribution is -0.114. The van der Waals surface area contributed by atoms with Crippen LogP contribution in [0.15, 0.2) is 95.5 Å². The number of benzene rings is 4. The van der Waals surface area contributed by atoms with E-state index in [2.05, 4.69) is 43.6 Å². The lowest BCUT2D eigenvalue weighted by Crippen LogP contribution is -2.33. The van der Waals surface area contributed by atoms with Crippen LogP contribution in [-0.2, 0) is 17.9 Å². The second kappa shape index (κ2) is 12.2. The summed E-state index contributed by atoms with van der Waals surface area (Å²) in [7, 11) is 0. The average molecular weight is 625 g/mol. The molecule has 1 N–H and O–H groups in total. The Morgan fingerprint density at radius 1 is 0.976 bits per heavy atom. The molecule has 8 nitrogen and oxygen atoms in total. The molecule has 1 saturated heterocycles. The molecule has 1 aliphatic heterocycles. The molecule has 6 rings (SSSR count). The van der Waals surface area contributed by atoms with Crippen LogP contribution in [0.4, 0.5) is 5.69 Å². The Kier molecular flexibility index (Phi) is 8.01. The zero-order chi connectivity index (χ0) is 29.1. The molecule has 2 heterocycles. The number of amides is 2. The molecule has 0 radical (unpaired) electrons. The maximum absolute atomic E-state index is 14.0. The largest absolute Gasteiger partial charge is 0.486 e. The van der Waals surface area contributed by atoms with Gasteiger partial charge in [-0.2, -0.15) is 0 Å². The van der Waals surface area contributed by atoms with Gasteiger partial charge in [-0.1, -0.05) is 76.6 Å². The zero-order valence-electron chi connectivity index (χ0n) is 23.2. The van der Waals surface area contributed by atoms with Gasteiger partial charge in [0.2, 0.25) is 11.7 Å². The first-order valence-electron chi connectivity index (χ1n) is 13.9. The van der Waals surface area contributed by atoms with E-state index < -0.39 is 0 Å². The standard InChI is InChI=1S/C33H30BrN5O3/c1-22(40)35-29-10-5-9-24-14-17-27(19-28(24)29)42-21-31-36-37-32(39(31)20-23-7-3-2-4-8-23)33(41)38-18-6-11-30(38)25-12-15-26(34)16-13-25/h2-5,7-10,12-17,19,30H,6,11,18,20-21H2,1H3,(H,35,40)/t30-/m1/s1. The van der Waals surface area contributed by atoms with E-state index in [1.54, 1.807) is 0 Å². The third-order valence-corrected chi connectivity index (χ3v) is 8.03. The second-order valence-electron chi connectivity index (χ2n) is 10.4. The summed E-state index contributed by atoms with van der Waals surface area (Å²) in [5.74, 6) is 1.20. The summed E-state index contributed by atoms with van der Waals surface area (Å²) in [5, 5.41) is 13.6. The van der Waals surface area contributed by atoms with Gasteiger partial charge in [-0.05, 0) is 59.7 Å². The minimum atomic E-state index is -0.139. The number of likely N-dealkylation sites (tertiary alicyclic amines) is 1. The molecule has 0 aliphatic carbocycles. The van der Waals surface area contributed by atoms with Gasteiger partial charge in [0.1, 0.15) is 12.4 Å². The van der Waals surface area contributed by atoms with Crippen molar-refractivity contribution in [2.75, 3.05) is 11.9 Å². The van der Waals surface area contributed by atoms with Crippen molar-refractivity contribution >= 4 is 44.2 Å². The van der Waals surface area contributed by atoms with Gasteiger partial charge in [0, 0.05) is 29.0 Å². The first-order chi connectivity index (χ1) is 20.5. The molecule has 0 unspecified atom stereocenters. The number of carbonyl (C=O) groups is 2. The molecule has 9 heteroatoms. The van der Waals surface area contributed by atoms with Crippen LogP contribution >= 0.6 is 15.9 Å². The quantitative estimate of drug-likeness (QED) is 0.206. The Hall–Kier alpha value is -4.50. The third-order valence-electron chi connectivity index (χ3n) is 7.50. The molecular weight excluding hydrogens is 594 g/mol. The van der Waals surface area contributed by atoms with Crippen molar-refractivity contribution in [2.45, 2.75) is 39.0 Å². The summed E-state index contributed by atoms with van der Waals surface area (Å²) in [5.41, 5.74) is 2.86. The molecule has 212 valence electrons. The zero-order valence-corrected chi connectivity index (χ0v) is 24.8. The lowest BCUT2D eigenvalue weighted by Gasteiger charge is -2.25. The highest BCUT2D eigenvalue weighted by Gasteiger charge is 2.34. The van der Waals surface area contributed by atoms with Crippen LogP contribution in [0.5, 0.6) is 5.75 Å². The first-order valence-corrected chi connectivity index (χ1v) is 14.7. The van der Waals surface area contributed by atoms with Crippen LogP contribution in [0, 0.1) is 0 Å². The highest BCUT2D eigenvalue weighted by molar-refractivity contribution is 9.10. The molecule has 4 aromatic carbocycles. The van der Waals surface area contributed by atoms with E-state index in [0.717, 1.165) is 44.9 Å². The minimum Gasteiger partial charge on any atom is -0.486 e. The van der Waals surface area contributed by atoms with Gasteiger partial charge in [0.25, 0.3) is 5.91 Å². The normalized spacial score (nSPS) is 14.7. The summed E-state index contributed by atoms with van der Waals surface area (Å²) in [6.07, 6.45) is 1.83. The molecule has 0 spiro atoms. The molecule has 5 aromatic rings. The van der Waals surface area contributed by atoms with Crippen molar-refractivity contribution in [3.05, 3.63) is 118 Å². The Morgan fingerprint density at radius 2 is 1.79 bits per heavy atom. The van der Waals surface area contributed by atoms with E-state index in [-0.39, 0.29) is 24.5 Å². The molecule has 1 fully saturated rings. The van der Waals surface area contributed by atoms with Crippen molar-refractivity contribution in [3.8, 4) is 5.75 Å². The number of halogens is 1. The van der Waals surface area contributed by atoms with Crippen LogP contribution in [0.3, 0.4) is 0 Å². The number of hydrogen-bond donors (Lipinski definition) is 1. The van der Waals surface area contributed by atoms with E-state index >= 15 is 0 Å². The molecule has 1 aromatic heterocycles. The smallest absolute Gasteiger partial charge is 0.292 e. The fraction of sp³-hybridized carbons (Fsp3) is 0.212. The summed E-state index contributed by atoms with van der Waals surface area (Å²) in [4.78, 5) is 27.6. The fourth-order valence-electron chi connectivity index (χ4n) is 5.49. The summed E-state index contributed by atoms with van der Waals surface area (Å²) in [6.45, 7) is 2.71. The number of anilines is 1. The van der Waals surface area contributed by atoms with Gasteiger partial charge < -0.3 is 15.0 Å². The monoisotopic (exact) mass is 623 g/mol. The first kappa shape index (κ1) is 27.7. The van der Waals surface area contributed by atoms with Crippen molar-refractivity contribution in [2.24, 2.45) is 0 Å². The number of aromatic nitrogens is 3. The number of fused-ring (bicyclic) bond motifs is 1. The molecule has 1 atom stereocenters. The SMILES string of the molecule is CC(=O)Nc1cccc2ccc(OCc3nnc(C(=O)N4CCC[C@@H]4c4ccc(Br)cc4)n3Cc3ccccc3)cc12. The lowest BCUT2D eigenvalue weighted by atomic mass is 10.0. The van der Waals surface area contributed by atoms with Gasteiger partial charge in [-0.25, -0.2) is 0 Å². The van der Waals surface area contributed by atoms with Gasteiger partial charge >= 0.3 is 0 Å². The van der Waals surface area contributed by atoms with E-state index in [0.29, 0.717) is 30.5 Å². The third kappa shape index (κ3) is 5.92. The summed E-state index contributed by atoms with van der Waals surface area (Å²) in [6, 6.07) is 29.6. The summed E-state index contributed by atoms with van der Waals surface area (Å²) < 4.78 is 9.06. The van der Waals surface area contributed by atoms with Crippen LogP contribution in [0.2, 0.25) is 0 Å². The van der Waals surface area contributed by atoms with Gasteiger partial charge in [-0.15, -0.1) is 10.2 Å². The highest BCUT2D eigenvalue weighted by atomic mass is 79.9. The number of carbonyl (C=O) groups excluding carboxylic acids is 2. The Morgan fingerprint density at radius 3 is 2.57 bits per heavy atom. The number of ether oxygens (including phenoxy) is 1. The summed E-state index contributed by atoms with van der Waals surface area (Å²) >= 11 is 3.50. The van der Waals surface area contributed by atoms with E-state index in [1.807, 2.05) is 88.3 Å². The van der Waals surface area contributed by atoms with Crippen molar-refractivity contribution in [1.29, 1.82) is 0 Å². The average Bonchev–Trinajstić information content (AvgIpc) is 3.64. The minimum absolute atomic E-state index is 0.0115. The Labute approximate surface area is 252 Å². The van der Waals surface area contributed by atoms with Gasteiger partial charge in [0.05, 0.1) is 12.6 Å². The van der Waals surface area contributed by atoms with E-state index in [1.165, 1.54) is 6.92 Å². The van der Waals surface area contributed by atoms with Crippen LogP contribution in [0.25, 0.3) is 10.8 Å². The molecule has 2 amide bonds. The fourth-order valence-corrected chi connectivity index (χ4v) is 5.75. The van der Waals surface area contributed by atoms with Crippen molar-refractivity contribution < 1.29 is 14.3 Å². The van der Waals surface area contributed by atoms with Crippen molar-refractivity contribution in [1.82, 2.24) is 19.7 Å². The number of hydrogen-bond acceptors (Lipinski definition) is 5. The van der Waals surface area contributed by atoms with Crippen LogP contribution < -0.4 is 10.1 Å². The van der Waals surface area contributed by atoms with Crippen LogP contribution in [0.1, 0.15) is 53.4 Å². The maximum Gasteiger partial charge on any atom is 0.292 e. The molecular formula is C33H30BrN5O3. The molecule has 0 bridgehead atoms. The predicted molar refractivity (Wildman–Crippen MR) is 165 cm³/mol. The molecule has 42 heavy (non-hydrogen) atoms. The molecule has 0 saturated carbocycles. The highest BCUT2D eigenvalue weighted by Crippen LogP contribution is 2.34. The van der Waals surface area contributed by atoms with Gasteiger partial charge in [-0.3, -0.25) is 14.2 Å². The Bertz CT molecular complexity index is 1740. The number of nitrogens with zero attached hydrogens (tertiary/aromatic N) is 4. The predicted octanol–water partition coefficient (Wildman–Crippen LogP) is 6.76. The van der Waals surface area contributed by atoms with Crippen LogP contribution in [-0.4, -0.2) is 38.0 Å². The Balaban J connectivity index is 1.29. The topological polar surface area (TPSA) is 89.3 Å². The second-order valence-corrected chi connectivity index (χ2v) is 11.3. The van der Waals surface area contributed by atoms with E-state index in [9.17, 15) is 9.59 Å². The maximum atomic E-state index is 14.0. The number of nitrogens with one attached hydrogen (secondary N) is 1. The number of rotatable bonds is 8. The molecule has 1 aliphatic rings.